The molecule has 0 amide bonds. The summed E-state index contributed by atoms with van der Waals surface area (Å²) in [6.45, 7) is 0. The van der Waals surface area contributed by atoms with Crippen LogP contribution in [0.3, 0.4) is 0 Å². The number of carbonyl (C=O) groups excluding carboxylic acids is 1. The maximum Gasteiger partial charge on any atom is 0.305 e. The molecule has 0 unspecified atom stereocenters. The molecule has 0 fully saturated rings. The SMILES string of the molecule is COC(=O)C[CH]Cc1ccc2cc(OC)c(OC)cc2c1. The number of hydrogen-bond acceptors (Lipinski definition) is 4. The molecule has 0 aliphatic rings. The Morgan fingerprint density at radius 3 is 2.29 bits per heavy atom. The van der Waals surface area contributed by atoms with Crippen molar-refractivity contribution in [2.75, 3.05) is 21.3 Å². The molecule has 21 heavy (non-hydrogen) atoms. The molecule has 0 aromatic heterocycles. The van der Waals surface area contributed by atoms with Gasteiger partial charge in [0.1, 0.15) is 0 Å². The standard InChI is InChI=1S/C17H19O4/c1-19-15-10-13-8-7-12(5-4-6-17(18)21-3)9-14(13)11-16(15)20-2/h4,7-11H,5-6H2,1-3H3. The van der Waals surface area contributed by atoms with Crippen LogP contribution < -0.4 is 9.47 Å². The molecule has 0 aliphatic heterocycles. The van der Waals surface area contributed by atoms with Crippen LogP contribution >= 0.6 is 0 Å². The van der Waals surface area contributed by atoms with Gasteiger partial charge in [-0.1, -0.05) is 18.2 Å². The summed E-state index contributed by atoms with van der Waals surface area (Å²) in [7, 11) is 4.64. The fourth-order valence-electron chi connectivity index (χ4n) is 2.19. The van der Waals surface area contributed by atoms with Crippen LogP contribution in [-0.4, -0.2) is 27.3 Å². The second kappa shape index (κ2) is 6.97. The van der Waals surface area contributed by atoms with Crippen molar-refractivity contribution in [1.82, 2.24) is 0 Å². The Kier molecular flexibility index (Phi) is 5.04. The van der Waals surface area contributed by atoms with Gasteiger partial charge in [-0.15, -0.1) is 0 Å². The first-order valence-electron chi connectivity index (χ1n) is 6.71. The maximum atomic E-state index is 11.1. The lowest BCUT2D eigenvalue weighted by Crippen LogP contribution is -2.01. The molecule has 0 saturated carbocycles. The van der Waals surface area contributed by atoms with Gasteiger partial charge in [0.15, 0.2) is 11.5 Å². The van der Waals surface area contributed by atoms with Crippen LogP contribution in [0.25, 0.3) is 10.8 Å². The molecule has 4 nitrogen and oxygen atoms in total. The van der Waals surface area contributed by atoms with Crippen LogP contribution in [0.1, 0.15) is 12.0 Å². The predicted octanol–water partition coefficient (Wildman–Crippen LogP) is 3.17. The van der Waals surface area contributed by atoms with Crippen molar-refractivity contribution in [2.45, 2.75) is 12.8 Å². The molecule has 2 aromatic carbocycles. The minimum Gasteiger partial charge on any atom is -0.493 e. The van der Waals surface area contributed by atoms with Crippen LogP contribution in [0.15, 0.2) is 30.3 Å². The van der Waals surface area contributed by atoms with E-state index in [1.807, 2.05) is 30.7 Å². The van der Waals surface area contributed by atoms with Gasteiger partial charge < -0.3 is 14.2 Å². The number of hydrogen-bond donors (Lipinski definition) is 0. The quantitative estimate of drug-likeness (QED) is 0.766. The van der Waals surface area contributed by atoms with Crippen LogP contribution in [-0.2, 0) is 16.0 Å². The van der Waals surface area contributed by atoms with E-state index < -0.39 is 0 Å². The lowest BCUT2D eigenvalue weighted by molar-refractivity contribution is -0.139. The number of fused-ring (bicyclic) bond motifs is 1. The zero-order chi connectivity index (χ0) is 15.2. The van der Waals surface area contributed by atoms with Crippen LogP contribution in [0.4, 0.5) is 0 Å². The van der Waals surface area contributed by atoms with E-state index in [4.69, 9.17) is 9.47 Å². The summed E-state index contributed by atoms with van der Waals surface area (Å²) in [5.74, 6) is 1.21. The van der Waals surface area contributed by atoms with Crippen LogP contribution in [0, 0.1) is 6.42 Å². The van der Waals surface area contributed by atoms with E-state index >= 15 is 0 Å². The summed E-state index contributed by atoms with van der Waals surface area (Å²) in [6.07, 6.45) is 2.95. The lowest BCUT2D eigenvalue weighted by Gasteiger charge is -2.10. The highest BCUT2D eigenvalue weighted by molar-refractivity contribution is 5.86. The molecular formula is C17H19O4. The van der Waals surface area contributed by atoms with Crippen LogP contribution in [0.2, 0.25) is 0 Å². The first-order valence-corrected chi connectivity index (χ1v) is 6.71. The Morgan fingerprint density at radius 1 is 1.00 bits per heavy atom. The summed E-state index contributed by atoms with van der Waals surface area (Å²) in [6, 6.07) is 10.1. The van der Waals surface area contributed by atoms with Crippen molar-refractivity contribution >= 4 is 16.7 Å². The van der Waals surface area contributed by atoms with Crippen molar-refractivity contribution in [2.24, 2.45) is 0 Å². The van der Waals surface area contributed by atoms with Gasteiger partial charge in [0.25, 0.3) is 0 Å². The van der Waals surface area contributed by atoms with E-state index in [-0.39, 0.29) is 5.97 Å². The zero-order valence-corrected chi connectivity index (χ0v) is 12.5. The van der Waals surface area contributed by atoms with Gasteiger partial charge in [-0.2, -0.15) is 0 Å². The number of methoxy groups -OCH3 is 3. The zero-order valence-electron chi connectivity index (χ0n) is 12.5. The second-order valence-electron chi connectivity index (χ2n) is 4.66. The highest BCUT2D eigenvalue weighted by Crippen LogP contribution is 2.32. The topological polar surface area (TPSA) is 44.8 Å². The summed E-state index contributed by atoms with van der Waals surface area (Å²) in [5, 5.41) is 2.17. The third-order valence-electron chi connectivity index (χ3n) is 3.33. The fraction of sp³-hybridized carbons (Fsp3) is 0.294. The van der Waals surface area contributed by atoms with Gasteiger partial charge in [0, 0.05) is 6.42 Å². The highest BCUT2D eigenvalue weighted by Gasteiger charge is 2.07. The largest absolute Gasteiger partial charge is 0.493 e. The molecule has 0 heterocycles. The van der Waals surface area contributed by atoms with Crippen LogP contribution in [0.5, 0.6) is 11.5 Å². The molecule has 0 aliphatic carbocycles. The smallest absolute Gasteiger partial charge is 0.305 e. The number of rotatable bonds is 6. The van der Waals surface area contributed by atoms with Gasteiger partial charge in [-0.25, -0.2) is 0 Å². The summed E-state index contributed by atoms with van der Waals surface area (Å²) in [4.78, 5) is 11.1. The number of benzene rings is 2. The fourth-order valence-corrected chi connectivity index (χ4v) is 2.19. The molecule has 0 N–H and O–H groups in total. The van der Waals surface area contributed by atoms with E-state index in [1.54, 1.807) is 14.2 Å². The van der Waals surface area contributed by atoms with Crippen molar-refractivity contribution in [1.29, 1.82) is 0 Å². The number of esters is 1. The minimum atomic E-state index is -0.220. The first kappa shape index (κ1) is 15.2. The number of carbonyl (C=O) groups is 1. The summed E-state index contributed by atoms with van der Waals surface area (Å²) >= 11 is 0. The van der Waals surface area contributed by atoms with Gasteiger partial charge in [-0.3, -0.25) is 4.79 Å². The first-order chi connectivity index (χ1) is 10.2. The lowest BCUT2D eigenvalue weighted by atomic mass is 10.0. The molecule has 4 heteroatoms. The van der Waals surface area contributed by atoms with Crippen molar-refractivity contribution < 1.29 is 19.0 Å². The molecule has 0 spiro atoms. The molecular weight excluding hydrogens is 268 g/mol. The van der Waals surface area contributed by atoms with E-state index in [9.17, 15) is 4.79 Å². The van der Waals surface area contributed by atoms with E-state index in [1.165, 1.54) is 7.11 Å². The van der Waals surface area contributed by atoms with Gasteiger partial charge in [0.2, 0.25) is 0 Å². The Labute approximate surface area is 124 Å². The van der Waals surface area contributed by atoms with Crippen molar-refractivity contribution in [3.8, 4) is 11.5 Å². The monoisotopic (exact) mass is 287 g/mol. The summed E-state index contributed by atoms with van der Waals surface area (Å²) < 4.78 is 15.2. The molecule has 111 valence electrons. The van der Waals surface area contributed by atoms with Gasteiger partial charge in [-0.05, 0) is 41.3 Å². The Hall–Kier alpha value is -2.23. The summed E-state index contributed by atoms with van der Waals surface area (Å²) in [5.41, 5.74) is 1.14. The van der Waals surface area contributed by atoms with Gasteiger partial charge in [0.05, 0.1) is 21.3 Å². The van der Waals surface area contributed by atoms with Gasteiger partial charge >= 0.3 is 5.97 Å². The maximum absolute atomic E-state index is 11.1. The van der Waals surface area contributed by atoms with E-state index in [0.717, 1.165) is 28.5 Å². The molecule has 0 saturated heterocycles. The van der Waals surface area contributed by atoms with Crippen molar-refractivity contribution in [3.63, 3.8) is 0 Å². The van der Waals surface area contributed by atoms with Crippen molar-refractivity contribution in [3.05, 3.63) is 42.3 Å². The molecule has 2 aromatic rings. The minimum absolute atomic E-state index is 0.220. The average Bonchev–Trinajstić information content (AvgIpc) is 2.53. The normalized spacial score (nSPS) is 10.4. The second-order valence-corrected chi connectivity index (χ2v) is 4.66. The Balaban J connectivity index is 2.18. The molecule has 0 bridgehead atoms. The third kappa shape index (κ3) is 3.66. The van der Waals surface area contributed by atoms with E-state index in [2.05, 4.69) is 10.8 Å². The average molecular weight is 287 g/mol. The Morgan fingerprint density at radius 2 is 1.67 bits per heavy atom. The molecule has 1 radical (unpaired) electrons. The molecule has 2 rings (SSSR count). The Bertz CT molecular complexity index is 634. The third-order valence-corrected chi connectivity index (χ3v) is 3.33. The molecule has 0 atom stereocenters. The highest BCUT2D eigenvalue weighted by atomic mass is 16.5. The number of ether oxygens (including phenoxy) is 3. The van der Waals surface area contributed by atoms with E-state index in [0.29, 0.717) is 12.2 Å². The predicted molar refractivity (Wildman–Crippen MR) is 81.7 cm³/mol.